The fourth-order valence-corrected chi connectivity index (χ4v) is 2.28. The number of imidazole rings is 1. The summed E-state index contributed by atoms with van der Waals surface area (Å²) in [5.41, 5.74) is -0.00755. The number of rotatable bonds is 5. The first kappa shape index (κ1) is 18.6. The van der Waals surface area contributed by atoms with E-state index in [0.717, 1.165) is 0 Å². The normalized spacial score (nSPS) is 12.5. The van der Waals surface area contributed by atoms with Crippen LogP contribution in [0.1, 0.15) is 38.2 Å². The Hall–Kier alpha value is -2.70. The second kappa shape index (κ2) is 7.46. The van der Waals surface area contributed by atoms with Crippen molar-refractivity contribution in [3.05, 3.63) is 53.9 Å². The van der Waals surface area contributed by atoms with Gasteiger partial charge in [-0.15, -0.1) is 0 Å². The highest BCUT2D eigenvalue weighted by atomic mass is 19.1. The summed E-state index contributed by atoms with van der Waals surface area (Å²) in [5.74, 6) is -0.426. The number of nitrogens with zero attached hydrogens (tertiary/aromatic N) is 2. The van der Waals surface area contributed by atoms with Crippen molar-refractivity contribution in [1.29, 1.82) is 0 Å². The van der Waals surface area contributed by atoms with Crippen molar-refractivity contribution in [2.75, 3.05) is 6.54 Å². The van der Waals surface area contributed by atoms with Gasteiger partial charge >= 0.3 is 0 Å². The molecule has 2 N–H and O–H groups in total. The van der Waals surface area contributed by atoms with E-state index in [1.165, 1.54) is 12.1 Å². The number of nitrogens with one attached hydrogen (secondary N) is 2. The molecule has 1 atom stereocenters. The molecule has 0 saturated carbocycles. The molecule has 134 valence electrons. The molecular formula is C18H23FN4O2. The van der Waals surface area contributed by atoms with Gasteiger partial charge in [-0.25, -0.2) is 9.37 Å². The molecule has 0 aliphatic rings. The van der Waals surface area contributed by atoms with E-state index in [1.807, 2.05) is 0 Å². The number of carbonyl (C=O) groups is 2. The first-order valence-corrected chi connectivity index (χ1v) is 7.99. The molecule has 1 unspecified atom stereocenters. The molecule has 7 heteroatoms. The molecule has 1 aromatic heterocycles. The SMILES string of the molecule is Cn1ccnc1C(NC(=O)CNC(=O)C(C)(C)C)c1cccc(F)c1. The van der Waals surface area contributed by atoms with Gasteiger partial charge in [-0.1, -0.05) is 32.9 Å². The fraction of sp³-hybridized carbons (Fsp3) is 0.389. The summed E-state index contributed by atoms with van der Waals surface area (Å²) in [5, 5.41) is 5.41. The lowest BCUT2D eigenvalue weighted by Crippen LogP contribution is -2.43. The van der Waals surface area contributed by atoms with E-state index in [1.54, 1.807) is 56.9 Å². The molecule has 25 heavy (non-hydrogen) atoms. The highest BCUT2D eigenvalue weighted by molar-refractivity contribution is 5.87. The van der Waals surface area contributed by atoms with Gasteiger partial charge in [0.15, 0.2) is 0 Å². The molecule has 0 aliphatic carbocycles. The fourth-order valence-electron chi connectivity index (χ4n) is 2.28. The Bertz CT molecular complexity index is 764. The number of carbonyl (C=O) groups excluding carboxylic acids is 2. The van der Waals surface area contributed by atoms with Crippen LogP contribution in [0.2, 0.25) is 0 Å². The third-order valence-corrected chi connectivity index (χ3v) is 3.69. The lowest BCUT2D eigenvalue weighted by Gasteiger charge is -2.21. The largest absolute Gasteiger partial charge is 0.347 e. The molecule has 1 aromatic carbocycles. The lowest BCUT2D eigenvalue weighted by molar-refractivity contribution is -0.131. The standard InChI is InChI=1S/C18H23FN4O2/c1-18(2,3)17(25)21-11-14(24)22-15(16-20-8-9-23(16)4)12-6-5-7-13(19)10-12/h5-10,15H,11H2,1-4H3,(H,21,25)(H,22,24). The van der Waals surface area contributed by atoms with E-state index >= 15 is 0 Å². The van der Waals surface area contributed by atoms with E-state index in [9.17, 15) is 14.0 Å². The lowest BCUT2D eigenvalue weighted by atomic mass is 9.96. The van der Waals surface area contributed by atoms with Crippen LogP contribution in [-0.2, 0) is 16.6 Å². The van der Waals surface area contributed by atoms with Gasteiger partial charge in [-0.05, 0) is 17.7 Å². The molecule has 0 saturated heterocycles. The summed E-state index contributed by atoms with van der Waals surface area (Å²) < 4.78 is 15.3. The quantitative estimate of drug-likeness (QED) is 0.868. The molecule has 6 nitrogen and oxygen atoms in total. The summed E-state index contributed by atoms with van der Waals surface area (Å²) in [6.45, 7) is 5.14. The van der Waals surface area contributed by atoms with Crippen LogP contribution in [-0.4, -0.2) is 27.9 Å². The third-order valence-electron chi connectivity index (χ3n) is 3.69. The van der Waals surface area contributed by atoms with Gasteiger partial charge < -0.3 is 15.2 Å². The molecule has 2 aromatic rings. The zero-order chi connectivity index (χ0) is 18.6. The van der Waals surface area contributed by atoms with Gasteiger partial charge in [0.2, 0.25) is 11.8 Å². The summed E-state index contributed by atoms with van der Waals surface area (Å²) in [4.78, 5) is 28.4. The number of benzene rings is 1. The van der Waals surface area contributed by atoms with E-state index < -0.39 is 17.3 Å². The average Bonchev–Trinajstić information content (AvgIpc) is 2.95. The molecular weight excluding hydrogens is 323 g/mol. The Morgan fingerprint density at radius 1 is 1.32 bits per heavy atom. The summed E-state index contributed by atoms with van der Waals surface area (Å²) in [6.07, 6.45) is 3.35. The molecule has 0 aliphatic heterocycles. The van der Waals surface area contributed by atoms with E-state index in [0.29, 0.717) is 11.4 Å². The molecule has 2 rings (SSSR count). The Balaban J connectivity index is 2.16. The van der Waals surface area contributed by atoms with E-state index in [4.69, 9.17) is 0 Å². The molecule has 1 heterocycles. The van der Waals surface area contributed by atoms with Gasteiger partial charge in [0, 0.05) is 24.9 Å². The number of hydrogen-bond acceptors (Lipinski definition) is 3. The van der Waals surface area contributed by atoms with Crippen LogP contribution in [0.3, 0.4) is 0 Å². The predicted octanol–water partition coefficient (Wildman–Crippen LogP) is 1.93. The van der Waals surface area contributed by atoms with Crippen molar-refractivity contribution in [3.8, 4) is 0 Å². The van der Waals surface area contributed by atoms with Gasteiger partial charge in [-0.2, -0.15) is 0 Å². The van der Waals surface area contributed by atoms with E-state index in [-0.39, 0.29) is 18.4 Å². The van der Waals surface area contributed by atoms with Crippen LogP contribution >= 0.6 is 0 Å². The van der Waals surface area contributed by atoms with Crippen molar-refractivity contribution < 1.29 is 14.0 Å². The topological polar surface area (TPSA) is 76.0 Å². The van der Waals surface area contributed by atoms with Crippen molar-refractivity contribution in [2.45, 2.75) is 26.8 Å². The zero-order valence-electron chi connectivity index (χ0n) is 14.8. The average molecular weight is 346 g/mol. The Labute approximate surface area is 146 Å². The summed E-state index contributed by atoms with van der Waals surface area (Å²) >= 11 is 0. The number of aromatic nitrogens is 2. The van der Waals surface area contributed by atoms with Crippen molar-refractivity contribution in [1.82, 2.24) is 20.2 Å². The third kappa shape index (κ3) is 4.89. The first-order valence-electron chi connectivity index (χ1n) is 7.99. The minimum absolute atomic E-state index is 0.160. The number of amides is 2. The smallest absolute Gasteiger partial charge is 0.240 e. The van der Waals surface area contributed by atoms with Crippen molar-refractivity contribution >= 4 is 11.8 Å². The van der Waals surface area contributed by atoms with Crippen LogP contribution in [0.4, 0.5) is 4.39 Å². The maximum atomic E-state index is 13.6. The maximum Gasteiger partial charge on any atom is 0.240 e. The van der Waals surface area contributed by atoms with Crippen LogP contribution < -0.4 is 10.6 Å². The summed E-state index contributed by atoms with van der Waals surface area (Å²) in [7, 11) is 1.79. The molecule has 2 amide bonds. The molecule has 0 bridgehead atoms. The first-order chi connectivity index (χ1) is 11.7. The Morgan fingerprint density at radius 2 is 2.04 bits per heavy atom. The highest BCUT2D eigenvalue weighted by Gasteiger charge is 2.24. The molecule has 0 spiro atoms. The second-order valence-corrected chi connectivity index (χ2v) is 6.88. The van der Waals surface area contributed by atoms with Crippen LogP contribution in [0.15, 0.2) is 36.7 Å². The molecule has 0 radical (unpaired) electrons. The van der Waals surface area contributed by atoms with Crippen LogP contribution in [0, 0.1) is 11.2 Å². The number of hydrogen-bond donors (Lipinski definition) is 2. The number of halogens is 1. The van der Waals surface area contributed by atoms with Gasteiger partial charge in [-0.3, -0.25) is 9.59 Å². The van der Waals surface area contributed by atoms with Crippen LogP contribution in [0.25, 0.3) is 0 Å². The summed E-state index contributed by atoms with van der Waals surface area (Å²) in [6, 6.07) is 5.37. The predicted molar refractivity (Wildman–Crippen MR) is 92.1 cm³/mol. The van der Waals surface area contributed by atoms with E-state index in [2.05, 4.69) is 15.6 Å². The zero-order valence-corrected chi connectivity index (χ0v) is 14.8. The van der Waals surface area contributed by atoms with Gasteiger partial charge in [0.05, 0.1) is 6.54 Å². The van der Waals surface area contributed by atoms with Gasteiger partial charge in [0.25, 0.3) is 0 Å². The highest BCUT2D eigenvalue weighted by Crippen LogP contribution is 2.21. The monoisotopic (exact) mass is 346 g/mol. The maximum absolute atomic E-state index is 13.6. The second-order valence-electron chi connectivity index (χ2n) is 6.88. The van der Waals surface area contributed by atoms with Crippen LogP contribution in [0.5, 0.6) is 0 Å². The Kier molecular flexibility index (Phi) is 5.56. The minimum Gasteiger partial charge on any atom is -0.347 e. The van der Waals surface area contributed by atoms with Crippen molar-refractivity contribution in [2.24, 2.45) is 12.5 Å². The Morgan fingerprint density at radius 3 is 2.60 bits per heavy atom. The minimum atomic E-state index is -0.616. The van der Waals surface area contributed by atoms with Crippen molar-refractivity contribution in [3.63, 3.8) is 0 Å². The van der Waals surface area contributed by atoms with Gasteiger partial charge in [0.1, 0.15) is 17.7 Å². The number of aryl methyl sites for hydroxylation is 1. The molecule has 0 fully saturated rings.